The van der Waals surface area contributed by atoms with Gasteiger partial charge in [-0.25, -0.2) is 0 Å². The molecule has 0 aromatic heterocycles. The Labute approximate surface area is 142 Å². The second-order valence-corrected chi connectivity index (χ2v) is 8.81. The highest BCUT2D eigenvalue weighted by Crippen LogP contribution is 2.77. The zero-order chi connectivity index (χ0) is 16.9. The van der Waals surface area contributed by atoms with Gasteiger partial charge in [-0.2, -0.15) is 0 Å². The Balaban J connectivity index is 1.75. The molecule has 0 N–H and O–H groups in total. The van der Waals surface area contributed by atoms with Crippen molar-refractivity contribution in [3.05, 3.63) is 24.3 Å². The van der Waals surface area contributed by atoms with Crippen LogP contribution in [0, 0.1) is 34.5 Å². The lowest BCUT2D eigenvalue weighted by Gasteiger charge is -2.43. The number of fused-ring (bicyclic) bond motifs is 1. The van der Waals surface area contributed by atoms with E-state index < -0.39 is 11.0 Å². The molecule has 1 aliphatic heterocycles. The predicted octanol–water partition coefficient (Wildman–Crippen LogP) is 3.03. The summed E-state index contributed by atoms with van der Waals surface area (Å²) in [6, 6.07) is 0. The molecule has 0 aromatic rings. The van der Waals surface area contributed by atoms with E-state index in [1.807, 2.05) is 13.0 Å². The molecule has 4 unspecified atom stereocenters. The van der Waals surface area contributed by atoms with Gasteiger partial charge < -0.3 is 9.47 Å². The molecule has 1 spiro atoms. The molecule has 3 saturated carbocycles. The van der Waals surface area contributed by atoms with Gasteiger partial charge >= 0.3 is 11.9 Å². The average Bonchev–Trinajstić information content (AvgIpc) is 2.99. The van der Waals surface area contributed by atoms with Crippen LogP contribution in [-0.2, 0) is 19.1 Å². The van der Waals surface area contributed by atoms with Gasteiger partial charge in [0.1, 0.15) is 5.60 Å². The van der Waals surface area contributed by atoms with Gasteiger partial charge in [-0.15, -0.1) is 0 Å². The summed E-state index contributed by atoms with van der Waals surface area (Å²) in [6.07, 6.45) is 8.82. The van der Waals surface area contributed by atoms with Crippen LogP contribution in [0.25, 0.3) is 0 Å². The van der Waals surface area contributed by atoms with Gasteiger partial charge in [0.15, 0.2) is 0 Å². The number of methoxy groups -OCH3 is 1. The maximum atomic E-state index is 12.9. The highest BCUT2D eigenvalue weighted by molar-refractivity contribution is 5.87. The van der Waals surface area contributed by atoms with E-state index in [-0.39, 0.29) is 35.1 Å². The Bertz CT molecular complexity index is 708. The van der Waals surface area contributed by atoms with Crippen LogP contribution in [0.4, 0.5) is 0 Å². The first-order valence-electron chi connectivity index (χ1n) is 9.06. The van der Waals surface area contributed by atoms with Crippen LogP contribution in [0.2, 0.25) is 0 Å². The zero-order valence-electron chi connectivity index (χ0n) is 14.3. The van der Waals surface area contributed by atoms with Crippen molar-refractivity contribution in [2.24, 2.45) is 34.5 Å². The number of carbonyl (C=O) groups excluding carboxylic acids is 2. The normalized spacial score (nSPS) is 53.6. The van der Waals surface area contributed by atoms with Gasteiger partial charge in [0.05, 0.1) is 18.4 Å². The van der Waals surface area contributed by atoms with Crippen molar-refractivity contribution in [2.45, 2.75) is 44.6 Å². The van der Waals surface area contributed by atoms with Gasteiger partial charge in [-0.1, -0.05) is 24.3 Å². The summed E-state index contributed by atoms with van der Waals surface area (Å²) in [5.74, 6) is 0.0526. The van der Waals surface area contributed by atoms with Crippen LogP contribution in [0.5, 0.6) is 0 Å². The van der Waals surface area contributed by atoms with Crippen LogP contribution in [0.15, 0.2) is 24.3 Å². The number of carbonyl (C=O) groups is 2. The topological polar surface area (TPSA) is 52.6 Å². The molecule has 5 aliphatic rings. The summed E-state index contributed by atoms with van der Waals surface area (Å²) in [5, 5.41) is 0. The lowest BCUT2D eigenvalue weighted by Crippen LogP contribution is -2.45. The molecule has 4 bridgehead atoms. The van der Waals surface area contributed by atoms with Crippen molar-refractivity contribution in [2.75, 3.05) is 7.11 Å². The lowest BCUT2D eigenvalue weighted by molar-refractivity contribution is -0.160. The number of hydrogen-bond donors (Lipinski definition) is 0. The molecule has 0 amide bonds. The van der Waals surface area contributed by atoms with Crippen LogP contribution in [-0.4, -0.2) is 24.6 Å². The molecule has 7 atom stereocenters. The second kappa shape index (κ2) is 4.14. The van der Waals surface area contributed by atoms with Crippen LogP contribution < -0.4 is 0 Å². The van der Waals surface area contributed by atoms with E-state index in [1.54, 1.807) is 0 Å². The van der Waals surface area contributed by atoms with E-state index in [0.29, 0.717) is 5.92 Å². The Morgan fingerprint density at radius 1 is 1.42 bits per heavy atom. The average molecular weight is 328 g/mol. The molecule has 1 saturated heterocycles. The molecule has 128 valence electrons. The minimum atomic E-state index is -0.706. The standard InChI is InChI=1S/C20H24O4/c1-11-9-19-10-12(11)5-6-13(19)20-8-4-7-18(2,17(22)24-20)15(20)14(19)16(21)23-3/h4,7,12-15H,1,5-6,8-10H2,2-3H3/t12-,13?,14?,15?,18?,19+,20-/m1/s1. The summed E-state index contributed by atoms with van der Waals surface area (Å²) in [7, 11) is 1.47. The van der Waals surface area contributed by atoms with E-state index in [9.17, 15) is 9.59 Å². The fourth-order valence-electron chi connectivity index (χ4n) is 7.35. The minimum absolute atomic E-state index is 0.107. The Kier molecular flexibility index (Phi) is 2.55. The number of ether oxygens (including phenoxy) is 2. The first kappa shape index (κ1) is 14.7. The fraction of sp³-hybridized carbons (Fsp3) is 0.700. The van der Waals surface area contributed by atoms with Crippen molar-refractivity contribution in [3.63, 3.8) is 0 Å². The van der Waals surface area contributed by atoms with E-state index >= 15 is 0 Å². The van der Waals surface area contributed by atoms with E-state index in [0.717, 1.165) is 32.1 Å². The summed E-state index contributed by atoms with van der Waals surface area (Å²) >= 11 is 0. The van der Waals surface area contributed by atoms with Gasteiger partial charge in [-0.05, 0) is 43.9 Å². The second-order valence-electron chi connectivity index (χ2n) is 8.81. The smallest absolute Gasteiger partial charge is 0.316 e. The Morgan fingerprint density at radius 3 is 2.96 bits per heavy atom. The van der Waals surface area contributed by atoms with E-state index in [2.05, 4.69) is 12.7 Å². The molecular formula is C20H24O4. The van der Waals surface area contributed by atoms with Gasteiger partial charge in [0.2, 0.25) is 0 Å². The Hall–Kier alpha value is -1.58. The molecule has 24 heavy (non-hydrogen) atoms. The molecule has 0 aromatic carbocycles. The third kappa shape index (κ3) is 1.32. The van der Waals surface area contributed by atoms with Gasteiger partial charge in [-0.3, -0.25) is 9.59 Å². The van der Waals surface area contributed by atoms with Gasteiger partial charge in [0, 0.05) is 18.3 Å². The summed E-state index contributed by atoms with van der Waals surface area (Å²) in [6.45, 7) is 6.25. The van der Waals surface area contributed by atoms with Crippen LogP contribution in [0.1, 0.15) is 39.0 Å². The number of hydrogen-bond acceptors (Lipinski definition) is 4. The number of esters is 2. The predicted molar refractivity (Wildman–Crippen MR) is 86.7 cm³/mol. The van der Waals surface area contributed by atoms with Crippen molar-refractivity contribution in [1.82, 2.24) is 0 Å². The zero-order valence-corrected chi connectivity index (χ0v) is 14.3. The van der Waals surface area contributed by atoms with Crippen LogP contribution in [0.3, 0.4) is 0 Å². The van der Waals surface area contributed by atoms with Crippen molar-refractivity contribution in [1.29, 1.82) is 0 Å². The van der Waals surface area contributed by atoms with E-state index in [1.165, 1.54) is 12.7 Å². The van der Waals surface area contributed by atoms with Crippen molar-refractivity contribution < 1.29 is 19.1 Å². The lowest BCUT2D eigenvalue weighted by atomic mass is 9.62. The van der Waals surface area contributed by atoms with Crippen molar-refractivity contribution >= 4 is 11.9 Å². The maximum absolute atomic E-state index is 12.9. The molecule has 4 aliphatic carbocycles. The first-order chi connectivity index (χ1) is 11.4. The first-order valence-corrected chi connectivity index (χ1v) is 9.06. The third-order valence-electron chi connectivity index (χ3n) is 8.05. The summed E-state index contributed by atoms with van der Waals surface area (Å²) in [4.78, 5) is 25.7. The largest absolute Gasteiger partial charge is 0.469 e. The highest BCUT2D eigenvalue weighted by atomic mass is 16.6. The number of allylic oxidation sites excluding steroid dienone is 1. The van der Waals surface area contributed by atoms with Crippen molar-refractivity contribution in [3.8, 4) is 0 Å². The summed E-state index contributed by atoms with van der Waals surface area (Å²) < 4.78 is 11.4. The fourth-order valence-corrected chi connectivity index (χ4v) is 7.35. The molecule has 1 heterocycles. The molecule has 5 rings (SSSR count). The molecular weight excluding hydrogens is 304 g/mol. The SMILES string of the molecule is C=C1C[C@]23C[C@H]1CCC2[C@@]12CC=CC(C)(C(=O)O1)C2C3C(=O)OC. The third-order valence-corrected chi connectivity index (χ3v) is 8.05. The quantitative estimate of drug-likeness (QED) is 0.548. The van der Waals surface area contributed by atoms with Crippen LogP contribution >= 0.6 is 0 Å². The molecule has 4 nitrogen and oxygen atoms in total. The maximum Gasteiger partial charge on any atom is 0.316 e. The molecule has 4 heteroatoms. The summed E-state index contributed by atoms with van der Waals surface area (Å²) in [5.41, 5.74) is -0.0783. The van der Waals surface area contributed by atoms with Gasteiger partial charge in [0.25, 0.3) is 0 Å². The molecule has 0 radical (unpaired) electrons. The highest BCUT2D eigenvalue weighted by Gasteiger charge is 2.81. The minimum Gasteiger partial charge on any atom is -0.469 e. The Morgan fingerprint density at radius 2 is 2.21 bits per heavy atom. The molecule has 4 fully saturated rings. The van der Waals surface area contributed by atoms with E-state index in [4.69, 9.17) is 9.47 Å². The number of rotatable bonds is 1. The monoisotopic (exact) mass is 328 g/mol.